The molecule has 0 saturated heterocycles. The number of benzene rings is 3. The number of non-ortho nitro benzene ring substituents is 2. The van der Waals surface area contributed by atoms with E-state index in [-0.39, 0.29) is 22.6 Å². The monoisotopic (exact) mass is 460 g/mol. The number of rotatable bonds is 6. The molecular weight excluding hydrogens is 445 g/mol. The summed E-state index contributed by atoms with van der Waals surface area (Å²) in [5.74, 6) is -0.989. The van der Waals surface area contributed by atoms with Gasteiger partial charge in [0.15, 0.2) is 5.78 Å². The molecule has 33 heavy (non-hydrogen) atoms. The van der Waals surface area contributed by atoms with Gasteiger partial charge in [0.2, 0.25) is 0 Å². The van der Waals surface area contributed by atoms with E-state index in [0.717, 1.165) is 12.1 Å². The first-order valence-electron chi connectivity index (χ1n) is 9.32. The van der Waals surface area contributed by atoms with Crippen LogP contribution in [0.25, 0.3) is 0 Å². The van der Waals surface area contributed by atoms with E-state index in [1.54, 1.807) is 0 Å². The van der Waals surface area contributed by atoms with E-state index in [0.29, 0.717) is 17.2 Å². The number of hydrogen-bond donors (Lipinski definition) is 0. The van der Waals surface area contributed by atoms with Gasteiger partial charge in [-0.25, -0.2) is 0 Å². The van der Waals surface area contributed by atoms with Gasteiger partial charge in [-0.2, -0.15) is 13.2 Å². The fourth-order valence-corrected chi connectivity index (χ4v) is 3.20. The first-order chi connectivity index (χ1) is 15.4. The van der Waals surface area contributed by atoms with Crippen LogP contribution in [0.3, 0.4) is 0 Å². The fourth-order valence-electron chi connectivity index (χ4n) is 3.20. The van der Waals surface area contributed by atoms with Crippen LogP contribution >= 0.6 is 0 Å². The summed E-state index contributed by atoms with van der Waals surface area (Å²) in [4.78, 5) is 32.9. The van der Waals surface area contributed by atoms with Crippen molar-refractivity contribution >= 4 is 17.2 Å². The molecule has 0 unspecified atom stereocenters. The van der Waals surface area contributed by atoms with Gasteiger partial charge in [-0.1, -0.05) is 0 Å². The van der Waals surface area contributed by atoms with Crippen LogP contribution in [0.4, 0.5) is 24.5 Å². The Labute approximate surface area is 184 Å². The topological polar surface area (TPSA) is 113 Å². The Morgan fingerprint density at radius 2 is 1.33 bits per heavy atom. The average molecular weight is 460 g/mol. The van der Waals surface area contributed by atoms with Crippen LogP contribution in [0.5, 0.6) is 11.5 Å². The maximum Gasteiger partial charge on any atom is 0.420 e. The van der Waals surface area contributed by atoms with Crippen LogP contribution in [0, 0.1) is 34.1 Å². The Bertz CT molecular complexity index is 1250. The van der Waals surface area contributed by atoms with E-state index in [4.69, 9.17) is 4.74 Å². The highest BCUT2D eigenvalue weighted by molar-refractivity contribution is 6.09. The summed E-state index contributed by atoms with van der Waals surface area (Å²) in [6.45, 7) is 3.07. The smallest absolute Gasteiger partial charge is 0.420 e. The second-order valence-corrected chi connectivity index (χ2v) is 7.11. The molecule has 0 aliphatic carbocycles. The molecule has 3 aromatic rings. The zero-order chi connectivity index (χ0) is 24.5. The molecule has 11 heteroatoms. The molecule has 3 aromatic carbocycles. The molecule has 0 aromatic heterocycles. The first kappa shape index (κ1) is 23.4. The van der Waals surface area contributed by atoms with E-state index < -0.39 is 38.8 Å². The number of ether oxygens (including phenoxy) is 1. The molecule has 0 saturated carbocycles. The number of carbonyl (C=O) groups is 1. The third kappa shape index (κ3) is 4.97. The third-order valence-corrected chi connectivity index (χ3v) is 4.75. The lowest BCUT2D eigenvalue weighted by Gasteiger charge is -2.17. The molecule has 0 radical (unpaired) electrons. The normalized spacial score (nSPS) is 11.2. The lowest BCUT2D eigenvalue weighted by molar-refractivity contribution is -0.385. The van der Waals surface area contributed by atoms with Gasteiger partial charge >= 0.3 is 6.18 Å². The molecule has 3 rings (SSSR count). The second kappa shape index (κ2) is 8.69. The van der Waals surface area contributed by atoms with Crippen molar-refractivity contribution in [3.8, 4) is 11.5 Å². The van der Waals surface area contributed by atoms with E-state index >= 15 is 0 Å². The van der Waals surface area contributed by atoms with Gasteiger partial charge in [0.25, 0.3) is 11.4 Å². The number of hydrogen-bond acceptors (Lipinski definition) is 6. The van der Waals surface area contributed by atoms with E-state index in [1.807, 2.05) is 0 Å². The number of alkyl halides is 3. The summed E-state index contributed by atoms with van der Waals surface area (Å²) in [6, 6.07) is 10.0. The lowest BCUT2D eigenvalue weighted by Crippen LogP contribution is -2.09. The van der Waals surface area contributed by atoms with Crippen LogP contribution in [0.1, 0.15) is 32.6 Å². The maximum atomic E-state index is 13.4. The Balaban J connectivity index is 1.96. The standard InChI is InChI=1S/C22H15F3N2O6/c1-12-9-15(20(28)14-3-5-16(6-4-14)26(29)30)10-13(2)21(12)33-19-8-7-17(27(31)32)11-18(19)22(23,24)25/h3-11H,1-2H3. The van der Waals surface area contributed by atoms with Crippen LogP contribution in [0.2, 0.25) is 0 Å². The number of ketones is 1. The van der Waals surface area contributed by atoms with Gasteiger partial charge in [0.05, 0.1) is 9.85 Å². The van der Waals surface area contributed by atoms with Crippen molar-refractivity contribution in [2.24, 2.45) is 0 Å². The van der Waals surface area contributed by atoms with Crippen molar-refractivity contribution in [2.75, 3.05) is 0 Å². The predicted octanol–water partition coefficient (Wildman–Crippen LogP) is 6.16. The van der Waals surface area contributed by atoms with Crippen molar-refractivity contribution in [3.05, 3.63) is 103 Å². The fraction of sp³-hybridized carbons (Fsp3) is 0.136. The van der Waals surface area contributed by atoms with Gasteiger partial charge in [-0.05, 0) is 55.3 Å². The molecule has 0 aliphatic rings. The highest BCUT2D eigenvalue weighted by Gasteiger charge is 2.36. The number of carbonyl (C=O) groups excluding carboxylic acids is 1. The van der Waals surface area contributed by atoms with Crippen molar-refractivity contribution in [1.82, 2.24) is 0 Å². The quantitative estimate of drug-likeness (QED) is 0.247. The number of nitrogens with zero attached hydrogens (tertiary/aromatic N) is 2. The summed E-state index contributed by atoms with van der Waals surface area (Å²) in [6.07, 6.45) is -4.89. The van der Waals surface area contributed by atoms with Crippen molar-refractivity contribution in [1.29, 1.82) is 0 Å². The zero-order valence-electron chi connectivity index (χ0n) is 17.2. The number of nitro benzene ring substituents is 2. The van der Waals surface area contributed by atoms with Gasteiger partial charge in [-0.15, -0.1) is 0 Å². The molecule has 8 nitrogen and oxygen atoms in total. The lowest BCUT2D eigenvalue weighted by atomic mass is 9.98. The summed E-state index contributed by atoms with van der Waals surface area (Å²) in [5.41, 5.74) is -1.09. The minimum absolute atomic E-state index is 0.0644. The summed E-state index contributed by atoms with van der Waals surface area (Å²) >= 11 is 0. The SMILES string of the molecule is Cc1cc(C(=O)c2ccc([N+](=O)[O-])cc2)cc(C)c1Oc1ccc([N+](=O)[O-])cc1C(F)(F)F. The molecule has 0 N–H and O–H groups in total. The van der Waals surface area contributed by atoms with Crippen molar-refractivity contribution < 1.29 is 32.5 Å². The van der Waals surface area contributed by atoms with Crippen molar-refractivity contribution in [2.45, 2.75) is 20.0 Å². The number of halogens is 3. The van der Waals surface area contributed by atoms with Gasteiger partial charge in [-0.3, -0.25) is 25.0 Å². The molecule has 0 bridgehead atoms. The van der Waals surface area contributed by atoms with Crippen LogP contribution in [0.15, 0.2) is 54.6 Å². The first-order valence-corrected chi connectivity index (χ1v) is 9.32. The highest BCUT2D eigenvalue weighted by atomic mass is 19.4. The van der Waals surface area contributed by atoms with E-state index in [9.17, 15) is 38.2 Å². The molecule has 0 heterocycles. The molecule has 0 aliphatic heterocycles. The highest BCUT2D eigenvalue weighted by Crippen LogP contribution is 2.41. The van der Waals surface area contributed by atoms with E-state index in [1.165, 1.54) is 50.2 Å². The van der Waals surface area contributed by atoms with Gasteiger partial charge < -0.3 is 4.74 Å². The van der Waals surface area contributed by atoms with Gasteiger partial charge in [0.1, 0.15) is 17.1 Å². The minimum atomic E-state index is -4.89. The molecular formula is C22H15F3N2O6. The largest absolute Gasteiger partial charge is 0.456 e. The molecule has 0 atom stereocenters. The summed E-state index contributed by atoms with van der Waals surface area (Å²) in [7, 11) is 0. The predicted molar refractivity (Wildman–Crippen MR) is 111 cm³/mol. The van der Waals surface area contributed by atoms with Crippen molar-refractivity contribution in [3.63, 3.8) is 0 Å². The molecule has 0 spiro atoms. The molecule has 170 valence electrons. The maximum absolute atomic E-state index is 13.4. The summed E-state index contributed by atoms with van der Waals surface area (Å²) < 4.78 is 45.8. The van der Waals surface area contributed by atoms with Crippen LogP contribution < -0.4 is 4.74 Å². The minimum Gasteiger partial charge on any atom is -0.456 e. The number of nitro groups is 2. The Hall–Kier alpha value is -4.28. The third-order valence-electron chi connectivity index (χ3n) is 4.75. The molecule has 0 amide bonds. The van der Waals surface area contributed by atoms with Crippen LogP contribution in [-0.2, 0) is 6.18 Å². The zero-order valence-corrected chi connectivity index (χ0v) is 17.2. The molecule has 0 fully saturated rings. The van der Waals surface area contributed by atoms with E-state index in [2.05, 4.69) is 0 Å². The number of aryl methyl sites for hydroxylation is 2. The second-order valence-electron chi connectivity index (χ2n) is 7.11. The Morgan fingerprint density at radius 3 is 1.82 bits per heavy atom. The average Bonchev–Trinajstić information content (AvgIpc) is 2.74. The summed E-state index contributed by atoms with van der Waals surface area (Å²) in [5, 5.41) is 21.6. The van der Waals surface area contributed by atoms with Gasteiger partial charge in [0, 0.05) is 35.4 Å². The Morgan fingerprint density at radius 1 is 0.818 bits per heavy atom. The Kier molecular flexibility index (Phi) is 6.16. The van der Waals surface area contributed by atoms with Crippen LogP contribution in [-0.4, -0.2) is 15.6 Å².